The maximum Gasteiger partial charge on any atom is 0.308 e. The number of nitrogens with zero attached hydrogens (tertiary/aromatic N) is 1. The van der Waals surface area contributed by atoms with E-state index in [1.165, 1.54) is 6.20 Å². The Labute approximate surface area is 105 Å². The van der Waals surface area contributed by atoms with E-state index < -0.39 is 17.8 Å². The van der Waals surface area contributed by atoms with E-state index in [0.717, 1.165) is 6.42 Å². The number of carbonyl (C=O) groups is 2. The van der Waals surface area contributed by atoms with Crippen molar-refractivity contribution < 1.29 is 14.7 Å². The van der Waals surface area contributed by atoms with Gasteiger partial charge in [0.15, 0.2) is 0 Å². The number of carboxylic acids is 1. The molecule has 1 aromatic heterocycles. The van der Waals surface area contributed by atoms with Crippen LogP contribution in [0.3, 0.4) is 0 Å². The highest BCUT2D eigenvalue weighted by atomic mass is 16.4. The number of nitrogens with one attached hydrogen (secondary N) is 1. The van der Waals surface area contributed by atoms with E-state index in [0.29, 0.717) is 24.3 Å². The number of aliphatic carboxylic acids is 1. The lowest BCUT2D eigenvalue weighted by Gasteiger charge is -2.12. The number of hydrogen-bond donors (Lipinski definition) is 3. The molecule has 4 N–H and O–H groups in total. The summed E-state index contributed by atoms with van der Waals surface area (Å²) in [5.74, 6) is -1.27. The molecule has 1 heterocycles. The predicted octanol–water partition coefficient (Wildman–Crippen LogP) is 1.09. The first-order valence-electron chi connectivity index (χ1n) is 5.77. The van der Waals surface area contributed by atoms with Crippen molar-refractivity contribution in [3.05, 3.63) is 23.9 Å². The number of pyridine rings is 1. The Morgan fingerprint density at radius 1 is 1.50 bits per heavy atom. The summed E-state index contributed by atoms with van der Waals surface area (Å²) >= 11 is 0. The van der Waals surface area contributed by atoms with Crippen molar-refractivity contribution in [1.29, 1.82) is 0 Å². The van der Waals surface area contributed by atoms with Crippen LogP contribution in [0, 0.1) is 5.92 Å². The highest BCUT2D eigenvalue weighted by Gasteiger charge is 2.15. The van der Waals surface area contributed by atoms with Crippen molar-refractivity contribution in [3.63, 3.8) is 0 Å². The second-order valence-corrected chi connectivity index (χ2v) is 4.00. The number of nitrogens with two attached hydrogens (primary N) is 1. The molecule has 1 atom stereocenters. The van der Waals surface area contributed by atoms with Gasteiger partial charge in [0.2, 0.25) is 5.91 Å². The number of rotatable bonds is 7. The molecule has 1 aromatic rings. The summed E-state index contributed by atoms with van der Waals surface area (Å²) in [5, 5.41) is 11.9. The Morgan fingerprint density at radius 2 is 2.22 bits per heavy atom. The minimum Gasteiger partial charge on any atom is -0.481 e. The first kappa shape index (κ1) is 14.0. The van der Waals surface area contributed by atoms with Crippen LogP contribution in [0.15, 0.2) is 18.3 Å². The number of aromatic nitrogens is 1. The molecule has 0 saturated carbocycles. The van der Waals surface area contributed by atoms with Crippen molar-refractivity contribution >= 4 is 17.7 Å². The monoisotopic (exact) mass is 251 g/mol. The highest BCUT2D eigenvalue weighted by Crippen LogP contribution is 2.10. The summed E-state index contributed by atoms with van der Waals surface area (Å²) in [7, 11) is 0. The van der Waals surface area contributed by atoms with E-state index in [-0.39, 0.29) is 0 Å². The van der Waals surface area contributed by atoms with Gasteiger partial charge in [-0.2, -0.15) is 0 Å². The lowest BCUT2D eigenvalue weighted by atomic mass is 10.0. The Hall–Kier alpha value is -2.11. The molecule has 0 spiro atoms. The standard InChI is InChI=1S/C12H17N3O3/c1-2-3-9(12(17)18)7-15-10-5-4-8(6-14-10)11(13)16/h4-6,9H,2-3,7H2,1H3,(H2,13,16)(H,14,15)(H,17,18). The number of amides is 1. The van der Waals surface area contributed by atoms with Crippen molar-refractivity contribution in [2.75, 3.05) is 11.9 Å². The minimum absolute atomic E-state index is 0.312. The molecule has 0 fully saturated rings. The molecule has 0 aliphatic carbocycles. The fraction of sp³-hybridized carbons (Fsp3) is 0.417. The molecule has 0 saturated heterocycles. The van der Waals surface area contributed by atoms with Crippen LogP contribution in [0.2, 0.25) is 0 Å². The summed E-state index contributed by atoms with van der Waals surface area (Å²) in [5.41, 5.74) is 5.41. The Morgan fingerprint density at radius 3 is 2.67 bits per heavy atom. The molecular formula is C12H17N3O3. The second kappa shape index (κ2) is 6.58. The number of carbonyl (C=O) groups excluding carboxylic acids is 1. The van der Waals surface area contributed by atoms with Gasteiger partial charge in [-0.15, -0.1) is 0 Å². The fourth-order valence-electron chi connectivity index (χ4n) is 1.53. The number of anilines is 1. The molecule has 18 heavy (non-hydrogen) atoms. The van der Waals surface area contributed by atoms with Gasteiger partial charge in [0.05, 0.1) is 11.5 Å². The van der Waals surface area contributed by atoms with Crippen LogP contribution in [0.25, 0.3) is 0 Å². The summed E-state index contributed by atoms with van der Waals surface area (Å²) in [6.45, 7) is 2.25. The zero-order chi connectivity index (χ0) is 13.5. The van der Waals surface area contributed by atoms with Gasteiger partial charge in [0, 0.05) is 12.7 Å². The number of hydrogen-bond acceptors (Lipinski definition) is 4. The zero-order valence-electron chi connectivity index (χ0n) is 10.2. The summed E-state index contributed by atoms with van der Waals surface area (Å²) < 4.78 is 0. The molecule has 0 bridgehead atoms. The zero-order valence-corrected chi connectivity index (χ0v) is 10.2. The average molecular weight is 251 g/mol. The van der Waals surface area contributed by atoms with Crippen LogP contribution >= 0.6 is 0 Å². The van der Waals surface area contributed by atoms with Crippen LogP contribution in [-0.4, -0.2) is 28.5 Å². The Balaban J connectivity index is 2.56. The molecule has 0 aromatic carbocycles. The SMILES string of the molecule is CCCC(CNc1ccc(C(N)=O)cn1)C(=O)O. The summed E-state index contributed by atoms with van der Waals surface area (Å²) in [6.07, 6.45) is 2.79. The van der Waals surface area contributed by atoms with E-state index in [1.54, 1.807) is 12.1 Å². The molecule has 1 amide bonds. The highest BCUT2D eigenvalue weighted by molar-refractivity contribution is 5.92. The van der Waals surface area contributed by atoms with Crippen LogP contribution in [0.1, 0.15) is 30.1 Å². The van der Waals surface area contributed by atoms with Gasteiger partial charge >= 0.3 is 5.97 Å². The molecule has 98 valence electrons. The maximum atomic E-state index is 10.9. The van der Waals surface area contributed by atoms with E-state index in [1.807, 2.05) is 6.92 Å². The predicted molar refractivity (Wildman–Crippen MR) is 67.3 cm³/mol. The first-order valence-corrected chi connectivity index (χ1v) is 5.77. The topological polar surface area (TPSA) is 105 Å². The second-order valence-electron chi connectivity index (χ2n) is 4.00. The summed E-state index contributed by atoms with van der Waals surface area (Å²) in [4.78, 5) is 25.8. The van der Waals surface area contributed by atoms with Crippen LogP contribution in [0.5, 0.6) is 0 Å². The van der Waals surface area contributed by atoms with Gasteiger partial charge in [-0.3, -0.25) is 9.59 Å². The van der Waals surface area contributed by atoms with Gasteiger partial charge < -0.3 is 16.2 Å². The minimum atomic E-state index is -0.821. The van der Waals surface area contributed by atoms with E-state index >= 15 is 0 Å². The third-order valence-electron chi connectivity index (χ3n) is 2.56. The quantitative estimate of drug-likeness (QED) is 0.672. The van der Waals surface area contributed by atoms with E-state index in [9.17, 15) is 9.59 Å². The molecule has 1 unspecified atom stereocenters. The first-order chi connectivity index (χ1) is 8.54. The van der Waals surface area contributed by atoms with Crippen LogP contribution in [-0.2, 0) is 4.79 Å². The van der Waals surface area contributed by atoms with Gasteiger partial charge in [0.25, 0.3) is 0 Å². The molecular weight excluding hydrogens is 234 g/mol. The number of carboxylic acid groups (broad SMARTS) is 1. The van der Waals surface area contributed by atoms with E-state index in [2.05, 4.69) is 10.3 Å². The Kier molecular flexibility index (Phi) is 5.10. The molecule has 0 radical (unpaired) electrons. The van der Waals surface area contributed by atoms with Crippen molar-refractivity contribution in [2.24, 2.45) is 11.7 Å². The van der Waals surface area contributed by atoms with Crippen molar-refractivity contribution in [1.82, 2.24) is 4.98 Å². The van der Waals surface area contributed by atoms with Gasteiger partial charge in [0.1, 0.15) is 5.82 Å². The van der Waals surface area contributed by atoms with Gasteiger partial charge in [-0.1, -0.05) is 13.3 Å². The molecule has 0 aliphatic heterocycles. The molecule has 1 rings (SSSR count). The van der Waals surface area contributed by atoms with Crippen molar-refractivity contribution in [3.8, 4) is 0 Å². The molecule has 6 heteroatoms. The number of primary amides is 1. The molecule has 0 aliphatic rings. The fourth-order valence-corrected chi connectivity index (χ4v) is 1.53. The third kappa shape index (κ3) is 4.04. The maximum absolute atomic E-state index is 10.9. The lowest BCUT2D eigenvalue weighted by Crippen LogP contribution is -2.23. The molecule has 6 nitrogen and oxygen atoms in total. The largest absolute Gasteiger partial charge is 0.481 e. The van der Waals surface area contributed by atoms with Gasteiger partial charge in [-0.25, -0.2) is 4.98 Å². The lowest BCUT2D eigenvalue weighted by molar-refractivity contribution is -0.141. The van der Waals surface area contributed by atoms with Crippen molar-refractivity contribution in [2.45, 2.75) is 19.8 Å². The van der Waals surface area contributed by atoms with E-state index in [4.69, 9.17) is 10.8 Å². The van der Waals surface area contributed by atoms with Gasteiger partial charge in [-0.05, 0) is 18.6 Å². The Bertz CT molecular complexity index is 417. The smallest absolute Gasteiger partial charge is 0.308 e. The third-order valence-corrected chi connectivity index (χ3v) is 2.56. The van der Waals surface area contributed by atoms with Crippen LogP contribution in [0.4, 0.5) is 5.82 Å². The normalized spacial score (nSPS) is 11.8. The average Bonchev–Trinajstić information content (AvgIpc) is 2.34. The summed E-state index contributed by atoms with van der Waals surface area (Å²) in [6, 6.07) is 3.15. The van der Waals surface area contributed by atoms with Crippen LogP contribution < -0.4 is 11.1 Å².